The molecule has 80 valence electrons. The topological polar surface area (TPSA) is 35.8 Å². The lowest BCUT2D eigenvalue weighted by molar-refractivity contribution is 0.416. The van der Waals surface area contributed by atoms with Crippen molar-refractivity contribution in [2.24, 2.45) is 5.41 Å². The minimum Gasteiger partial charge on any atom is -0.313 e. The van der Waals surface area contributed by atoms with Gasteiger partial charge in [0, 0.05) is 11.8 Å². The Morgan fingerprint density at radius 3 is 2.93 bits per heavy atom. The first-order valence-corrected chi connectivity index (χ1v) is 6.52. The number of nitrogens with zero attached hydrogens (tertiary/aromatic N) is 1. The van der Waals surface area contributed by atoms with E-state index in [1.54, 1.807) is 0 Å². The average Bonchev–Trinajstić information content (AvgIpc) is 2.65. The summed E-state index contributed by atoms with van der Waals surface area (Å²) in [5, 5.41) is 12.4. The summed E-state index contributed by atoms with van der Waals surface area (Å²) in [5.74, 6) is 2.57. The van der Waals surface area contributed by atoms with Gasteiger partial charge < -0.3 is 5.32 Å². The van der Waals surface area contributed by atoms with Crippen molar-refractivity contribution >= 4 is 11.8 Å². The molecule has 0 aromatic carbocycles. The third-order valence-corrected chi connectivity index (χ3v) is 3.81. The fourth-order valence-corrected chi connectivity index (χ4v) is 2.77. The van der Waals surface area contributed by atoms with E-state index in [2.05, 4.69) is 11.4 Å². The van der Waals surface area contributed by atoms with Crippen LogP contribution >= 0.6 is 11.8 Å². The van der Waals surface area contributed by atoms with Crippen LogP contribution in [0.1, 0.15) is 33.1 Å². The Morgan fingerprint density at radius 2 is 2.36 bits per heavy atom. The highest BCUT2D eigenvalue weighted by Gasteiger charge is 2.17. The molecule has 1 rings (SSSR count). The molecule has 1 aliphatic rings. The van der Waals surface area contributed by atoms with Gasteiger partial charge in [-0.2, -0.15) is 17.0 Å². The maximum Gasteiger partial charge on any atom is 0.0683 e. The Labute approximate surface area is 91.4 Å². The molecule has 14 heavy (non-hydrogen) atoms. The summed E-state index contributed by atoms with van der Waals surface area (Å²) in [5.41, 5.74) is -0.147. The van der Waals surface area contributed by atoms with Crippen LogP contribution in [0.2, 0.25) is 0 Å². The van der Waals surface area contributed by atoms with E-state index in [9.17, 15) is 0 Å². The highest BCUT2D eigenvalue weighted by molar-refractivity contribution is 7.99. The summed E-state index contributed by atoms with van der Waals surface area (Å²) in [4.78, 5) is 0. The first-order chi connectivity index (χ1) is 6.64. The zero-order valence-electron chi connectivity index (χ0n) is 9.18. The summed E-state index contributed by atoms with van der Waals surface area (Å²) in [6, 6.07) is 3.06. The molecule has 3 heteroatoms. The summed E-state index contributed by atoms with van der Waals surface area (Å²) >= 11 is 2.04. The highest BCUT2D eigenvalue weighted by atomic mass is 32.2. The van der Waals surface area contributed by atoms with Gasteiger partial charge in [0.2, 0.25) is 0 Å². The Morgan fingerprint density at radius 1 is 1.57 bits per heavy atom. The fraction of sp³-hybridized carbons (Fsp3) is 0.909. The molecular weight excluding hydrogens is 192 g/mol. The smallest absolute Gasteiger partial charge is 0.0683 e. The van der Waals surface area contributed by atoms with Gasteiger partial charge in [-0.15, -0.1) is 0 Å². The van der Waals surface area contributed by atoms with Crippen LogP contribution in [-0.4, -0.2) is 24.1 Å². The Hall–Kier alpha value is -0.200. The number of hydrogen-bond donors (Lipinski definition) is 1. The van der Waals surface area contributed by atoms with Crippen molar-refractivity contribution in [3.63, 3.8) is 0 Å². The van der Waals surface area contributed by atoms with E-state index in [4.69, 9.17) is 5.26 Å². The second kappa shape index (κ2) is 5.63. The molecule has 1 unspecified atom stereocenters. The molecule has 1 fully saturated rings. The van der Waals surface area contributed by atoms with Gasteiger partial charge in [0.25, 0.3) is 0 Å². The Kier molecular flexibility index (Phi) is 4.77. The predicted octanol–water partition coefficient (Wildman–Crippen LogP) is 2.41. The molecule has 0 aromatic heterocycles. The molecule has 1 heterocycles. The number of hydrogen-bond acceptors (Lipinski definition) is 3. The maximum atomic E-state index is 8.83. The molecule has 0 saturated carbocycles. The zero-order chi connectivity index (χ0) is 10.4. The largest absolute Gasteiger partial charge is 0.313 e. The molecular formula is C11H20N2S. The highest BCUT2D eigenvalue weighted by Crippen LogP contribution is 2.21. The van der Waals surface area contributed by atoms with E-state index in [1.165, 1.54) is 17.9 Å². The third-order valence-electron chi connectivity index (χ3n) is 2.64. The lowest BCUT2D eigenvalue weighted by atomic mass is 9.90. The monoisotopic (exact) mass is 212 g/mol. The molecule has 0 bridgehead atoms. The molecule has 0 aromatic rings. The normalized spacial score (nSPS) is 22.2. The molecule has 2 nitrogen and oxygen atoms in total. The standard InChI is InChI=1S/C11H20N2S/c1-11(2,9-12)5-3-6-13-10-4-7-14-8-10/h10,13H,3-8H2,1-2H3. The van der Waals surface area contributed by atoms with E-state index in [0.717, 1.165) is 25.4 Å². The first kappa shape index (κ1) is 11.9. The Bertz CT molecular complexity index is 202. The van der Waals surface area contributed by atoms with E-state index >= 15 is 0 Å². The van der Waals surface area contributed by atoms with Crippen LogP contribution in [0.25, 0.3) is 0 Å². The van der Waals surface area contributed by atoms with Crippen molar-refractivity contribution in [2.75, 3.05) is 18.1 Å². The zero-order valence-corrected chi connectivity index (χ0v) is 9.99. The van der Waals surface area contributed by atoms with Crippen LogP contribution in [0, 0.1) is 16.7 Å². The quantitative estimate of drug-likeness (QED) is 0.711. The van der Waals surface area contributed by atoms with E-state index < -0.39 is 0 Å². The van der Waals surface area contributed by atoms with Crippen molar-refractivity contribution in [1.82, 2.24) is 5.32 Å². The average molecular weight is 212 g/mol. The van der Waals surface area contributed by atoms with Crippen LogP contribution in [0.3, 0.4) is 0 Å². The van der Waals surface area contributed by atoms with Gasteiger partial charge in [-0.1, -0.05) is 0 Å². The number of rotatable bonds is 5. The summed E-state index contributed by atoms with van der Waals surface area (Å²) in [6.45, 7) is 5.09. The summed E-state index contributed by atoms with van der Waals surface area (Å²) in [6.07, 6.45) is 3.42. The first-order valence-electron chi connectivity index (χ1n) is 5.36. The van der Waals surface area contributed by atoms with Crippen LogP contribution in [0.4, 0.5) is 0 Å². The summed E-state index contributed by atoms with van der Waals surface area (Å²) < 4.78 is 0. The molecule has 0 amide bonds. The molecule has 1 aliphatic heterocycles. The van der Waals surface area contributed by atoms with Gasteiger partial charge in [-0.3, -0.25) is 0 Å². The minimum atomic E-state index is -0.147. The van der Waals surface area contributed by atoms with Gasteiger partial charge in [0.15, 0.2) is 0 Å². The van der Waals surface area contributed by atoms with Crippen molar-refractivity contribution in [3.05, 3.63) is 0 Å². The van der Waals surface area contributed by atoms with E-state index in [-0.39, 0.29) is 5.41 Å². The number of nitriles is 1. The number of nitrogens with one attached hydrogen (secondary N) is 1. The van der Waals surface area contributed by atoms with Crippen LogP contribution in [0.15, 0.2) is 0 Å². The lowest BCUT2D eigenvalue weighted by Crippen LogP contribution is -2.30. The van der Waals surface area contributed by atoms with Gasteiger partial charge in [-0.25, -0.2) is 0 Å². The third kappa shape index (κ3) is 4.34. The van der Waals surface area contributed by atoms with Crippen molar-refractivity contribution in [2.45, 2.75) is 39.2 Å². The second-order valence-corrected chi connectivity index (χ2v) is 5.76. The Balaban J connectivity index is 2.02. The van der Waals surface area contributed by atoms with Gasteiger partial charge in [0.05, 0.1) is 11.5 Å². The molecule has 1 atom stereocenters. The molecule has 0 radical (unpaired) electrons. The minimum absolute atomic E-state index is 0.147. The van der Waals surface area contributed by atoms with Gasteiger partial charge in [-0.05, 0) is 45.4 Å². The van der Waals surface area contributed by atoms with Gasteiger partial charge in [0.1, 0.15) is 0 Å². The SMILES string of the molecule is CC(C)(C#N)CCCNC1CCSC1. The fourth-order valence-electron chi connectivity index (χ4n) is 1.59. The lowest BCUT2D eigenvalue weighted by Gasteiger charge is -2.16. The van der Waals surface area contributed by atoms with Crippen molar-refractivity contribution in [1.29, 1.82) is 5.26 Å². The molecule has 1 N–H and O–H groups in total. The van der Waals surface area contributed by atoms with E-state index in [1.807, 2.05) is 25.6 Å². The molecule has 1 saturated heterocycles. The van der Waals surface area contributed by atoms with Crippen molar-refractivity contribution in [3.8, 4) is 6.07 Å². The maximum absolute atomic E-state index is 8.83. The van der Waals surface area contributed by atoms with Crippen LogP contribution < -0.4 is 5.32 Å². The predicted molar refractivity (Wildman–Crippen MR) is 62.4 cm³/mol. The summed E-state index contributed by atoms with van der Waals surface area (Å²) in [7, 11) is 0. The van der Waals surface area contributed by atoms with Crippen LogP contribution in [0.5, 0.6) is 0 Å². The molecule has 0 spiro atoms. The second-order valence-electron chi connectivity index (χ2n) is 4.61. The van der Waals surface area contributed by atoms with Gasteiger partial charge >= 0.3 is 0 Å². The number of thioether (sulfide) groups is 1. The van der Waals surface area contributed by atoms with Crippen LogP contribution in [-0.2, 0) is 0 Å². The van der Waals surface area contributed by atoms with E-state index in [0.29, 0.717) is 0 Å². The van der Waals surface area contributed by atoms with Crippen molar-refractivity contribution < 1.29 is 0 Å². The molecule has 0 aliphatic carbocycles.